The van der Waals surface area contributed by atoms with Crippen LogP contribution < -0.4 is 15.5 Å². The number of methoxy groups -OCH3 is 1. The average Bonchev–Trinajstić information content (AvgIpc) is 2.59. The molecular formula is C7H8N2O5S. The zero-order chi connectivity index (χ0) is 10.9. The molecule has 1 N–H and O–H groups in total. The number of hydrogen-bond donors (Lipinski definition) is 1. The summed E-state index contributed by atoms with van der Waals surface area (Å²) < 4.78 is 35.1. The maximum absolute atomic E-state index is 10.8. The molecule has 0 bridgehead atoms. The highest BCUT2D eigenvalue weighted by atomic mass is 32.3. The molecular weight excluding hydrogens is 224 g/mol. The molecule has 0 saturated carbocycles. The van der Waals surface area contributed by atoms with Crippen molar-refractivity contribution in [1.29, 1.82) is 0 Å². The highest BCUT2D eigenvalue weighted by Gasteiger charge is 2.28. The van der Waals surface area contributed by atoms with Crippen LogP contribution in [0.5, 0.6) is 5.75 Å². The quantitative estimate of drug-likeness (QED) is 0.776. The maximum Gasteiger partial charge on any atom is 0.440 e. The van der Waals surface area contributed by atoms with Gasteiger partial charge in [0, 0.05) is 0 Å². The molecule has 0 amide bonds. The molecule has 2 rings (SSSR count). The number of ether oxygens (including phenoxy) is 1. The van der Waals surface area contributed by atoms with Crippen LogP contribution in [-0.2, 0) is 19.0 Å². The van der Waals surface area contributed by atoms with Crippen molar-refractivity contribution < 1.29 is 21.7 Å². The van der Waals surface area contributed by atoms with Gasteiger partial charge in [-0.15, -0.1) is 13.7 Å². The van der Waals surface area contributed by atoms with Gasteiger partial charge in [-0.1, -0.05) is 5.59 Å². The third kappa shape index (κ3) is 2.18. The second kappa shape index (κ2) is 3.66. The first-order valence-electron chi connectivity index (χ1n) is 3.93. The molecule has 0 atom stereocenters. The Kier molecular flexibility index (Phi) is 2.49. The summed E-state index contributed by atoms with van der Waals surface area (Å²) in [6, 6.07) is 6.53. The van der Waals surface area contributed by atoms with Crippen LogP contribution >= 0.6 is 0 Å². The lowest BCUT2D eigenvalue weighted by molar-refractivity contribution is 0.198. The predicted octanol–water partition coefficient (Wildman–Crippen LogP) is 0.128. The second-order valence-electron chi connectivity index (χ2n) is 2.65. The molecule has 0 aliphatic carbocycles. The van der Waals surface area contributed by atoms with E-state index in [9.17, 15) is 8.42 Å². The summed E-state index contributed by atoms with van der Waals surface area (Å²) in [5, 5.41) is 0.884. The number of hydrazine groups is 1. The van der Waals surface area contributed by atoms with E-state index in [1.807, 2.05) is 0 Å². The maximum atomic E-state index is 10.8. The van der Waals surface area contributed by atoms with Crippen LogP contribution in [0.1, 0.15) is 0 Å². The van der Waals surface area contributed by atoms with Crippen LogP contribution in [0.25, 0.3) is 0 Å². The highest BCUT2D eigenvalue weighted by molar-refractivity contribution is 7.82. The van der Waals surface area contributed by atoms with Gasteiger partial charge in [-0.2, -0.15) is 8.42 Å². The third-order valence-electron chi connectivity index (χ3n) is 1.69. The average molecular weight is 232 g/mol. The van der Waals surface area contributed by atoms with E-state index in [2.05, 4.69) is 14.2 Å². The summed E-state index contributed by atoms with van der Waals surface area (Å²) in [4.78, 5) is 0. The number of hydrogen-bond acceptors (Lipinski definition) is 7. The van der Waals surface area contributed by atoms with E-state index in [-0.39, 0.29) is 0 Å². The molecule has 1 aliphatic rings. The Morgan fingerprint density at radius 3 is 2.47 bits per heavy atom. The summed E-state index contributed by atoms with van der Waals surface area (Å²) in [7, 11) is -2.44. The number of nitrogens with zero attached hydrogens (tertiary/aromatic N) is 1. The Balaban J connectivity index is 2.17. The van der Waals surface area contributed by atoms with Crippen LogP contribution in [0.2, 0.25) is 0 Å². The van der Waals surface area contributed by atoms with Gasteiger partial charge in [0.15, 0.2) is 0 Å². The predicted molar refractivity (Wildman–Crippen MR) is 49.7 cm³/mol. The second-order valence-corrected chi connectivity index (χ2v) is 3.78. The van der Waals surface area contributed by atoms with Gasteiger partial charge in [-0.25, -0.2) is 0 Å². The Hall–Kier alpha value is -1.35. The Morgan fingerprint density at radius 1 is 1.33 bits per heavy atom. The van der Waals surface area contributed by atoms with Gasteiger partial charge < -0.3 is 4.74 Å². The van der Waals surface area contributed by atoms with Gasteiger partial charge in [0.1, 0.15) is 5.75 Å². The molecule has 0 aromatic heterocycles. The summed E-state index contributed by atoms with van der Waals surface area (Å²) in [5.41, 5.74) is 2.55. The molecule has 7 nitrogen and oxygen atoms in total. The molecule has 1 aromatic rings. The molecule has 1 heterocycles. The summed E-state index contributed by atoms with van der Waals surface area (Å²) in [6.07, 6.45) is 0. The molecule has 1 fully saturated rings. The fourth-order valence-electron chi connectivity index (χ4n) is 1.01. The zero-order valence-corrected chi connectivity index (χ0v) is 8.52. The van der Waals surface area contributed by atoms with Gasteiger partial charge in [-0.05, 0) is 24.3 Å². The SMILES string of the molecule is COc1ccc(N2NOS(=O)(=O)O2)cc1. The fourth-order valence-corrected chi connectivity index (χ4v) is 1.50. The molecule has 0 radical (unpaired) electrons. The van der Waals surface area contributed by atoms with Crippen molar-refractivity contribution in [3.63, 3.8) is 0 Å². The summed E-state index contributed by atoms with van der Waals surface area (Å²) in [5.74, 6) is 0.654. The van der Waals surface area contributed by atoms with Gasteiger partial charge in [0.05, 0.1) is 12.8 Å². The Morgan fingerprint density at radius 2 is 2.00 bits per heavy atom. The lowest BCUT2D eigenvalue weighted by Crippen LogP contribution is -2.28. The molecule has 82 valence electrons. The van der Waals surface area contributed by atoms with Crippen LogP contribution in [0.4, 0.5) is 5.69 Å². The van der Waals surface area contributed by atoms with E-state index < -0.39 is 10.4 Å². The van der Waals surface area contributed by atoms with E-state index in [1.54, 1.807) is 24.3 Å². The van der Waals surface area contributed by atoms with E-state index in [4.69, 9.17) is 4.74 Å². The van der Waals surface area contributed by atoms with Gasteiger partial charge in [-0.3, -0.25) is 0 Å². The Labute approximate surface area is 86.4 Å². The minimum atomic E-state index is -3.98. The molecule has 0 spiro atoms. The van der Waals surface area contributed by atoms with Crippen LogP contribution in [0, 0.1) is 0 Å². The topological polar surface area (TPSA) is 77.1 Å². The standard InChI is InChI=1S/C7H8N2O5S/c1-12-7-4-2-6(3-5-7)9-8-13-15(10,11)14-9/h2-5,8H,1H3. The number of benzene rings is 1. The van der Waals surface area contributed by atoms with Crippen LogP contribution in [0.3, 0.4) is 0 Å². The van der Waals surface area contributed by atoms with Crippen LogP contribution in [0.15, 0.2) is 24.3 Å². The van der Waals surface area contributed by atoms with Crippen molar-refractivity contribution in [2.45, 2.75) is 0 Å². The van der Waals surface area contributed by atoms with E-state index in [0.29, 0.717) is 11.4 Å². The van der Waals surface area contributed by atoms with E-state index in [0.717, 1.165) is 5.17 Å². The smallest absolute Gasteiger partial charge is 0.440 e. The van der Waals surface area contributed by atoms with Crippen molar-refractivity contribution >= 4 is 16.1 Å². The highest BCUT2D eigenvalue weighted by Crippen LogP contribution is 2.21. The molecule has 1 saturated heterocycles. The first-order valence-corrected chi connectivity index (χ1v) is 5.27. The monoisotopic (exact) mass is 232 g/mol. The van der Waals surface area contributed by atoms with E-state index in [1.165, 1.54) is 7.11 Å². The lowest BCUT2D eigenvalue weighted by Gasteiger charge is -2.10. The zero-order valence-electron chi connectivity index (χ0n) is 7.71. The number of anilines is 1. The van der Waals surface area contributed by atoms with Gasteiger partial charge in [0.2, 0.25) is 0 Å². The molecule has 8 heteroatoms. The van der Waals surface area contributed by atoms with E-state index >= 15 is 0 Å². The molecule has 1 aliphatic heterocycles. The van der Waals surface area contributed by atoms with Crippen molar-refractivity contribution in [3.05, 3.63) is 24.3 Å². The van der Waals surface area contributed by atoms with Crippen molar-refractivity contribution in [2.75, 3.05) is 12.3 Å². The Bertz CT molecular complexity index is 443. The third-order valence-corrected chi connectivity index (χ3v) is 2.31. The first-order chi connectivity index (χ1) is 7.11. The van der Waals surface area contributed by atoms with Crippen molar-refractivity contribution in [2.24, 2.45) is 0 Å². The number of nitrogens with one attached hydrogen (secondary N) is 1. The summed E-state index contributed by atoms with van der Waals surface area (Å²) >= 11 is 0. The van der Waals surface area contributed by atoms with Crippen molar-refractivity contribution in [3.8, 4) is 5.75 Å². The lowest BCUT2D eigenvalue weighted by atomic mass is 10.3. The molecule has 15 heavy (non-hydrogen) atoms. The van der Waals surface area contributed by atoms with Gasteiger partial charge >= 0.3 is 10.4 Å². The first kappa shape index (κ1) is 10.2. The fraction of sp³-hybridized carbons (Fsp3) is 0.143. The van der Waals surface area contributed by atoms with Crippen LogP contribution in [-0.4, -0.2) is 15.5 Å². The largest absolute Gasteiger partial charge is 0.497 e. The minimum absolute atomic E-state index is 0.469. The number of rotatable bonds is 2. The molecule has 0 unspecified atom stereocenters. The molecule has 1 aromatic carbocycles. The minimum Gasteiger partial charge on any atom is -0.497 e. The normalized spacial score (nSPS) is 19.1. The van der Waals surface area contributed by atoms with Crippen molar-refractivity contribution in [1.82, 2.24) is 5.59 Å². The summed E-state index contributed by atoms with van der Waals surface area (Å²) in [6.45, 7) is 0. The van der Waals surface area contributed by atoms with Gasteiger partial charge in [0.25, 0.3) is 0 Å².